The molecule has 3 N–H and O–H groups in total. The van der Waals surface area contributed by atoms with Crippen LogP contribution in [-0.2, 0) is 4.79 Å². The number of primary amides is 1. The average Bonchev–Trinajstić information content (AvgIpc) is 2.19. The Labute approximate surface area is 87.0 Å². The minimum absolute atomic E-state index is 0.266. The van der Waals surface area contributed by atoms with Gasteiger partial charge in [-0.3, -0.25) is 10.2 Å². The summed E-state index contributed by atoms with van der Waals surface area (Å²) in [6, 6.07) is 7.32. The van der Waals surface area contributed by atoms with Crippen molar-refractivity contribution in [3.63, 3.8) is 0 Å². The van der Waals surface area contributed by atoms with E-state index < -0.39 is 5.91 Å². The molecule has 0 fully saturated rings. The summed E-state index contributed by atoms with van der Waals surface area (Å²) in [4.78, 5) is 20.9. The molecule has 0 aliphatic heterocycles. The van der Waals surface area contributed by atoms with Crippen LogP contribution < -0.4 is 11.2 Å². The highest BCUT2D eigenvalue weighted by molar-refractivity contribution is 5.76. The smallest absolute Gasteiger partial charge is 0.241 e. The minimum atomic E-state index is -0.629. The fourth-order valence-electron chi connectivity index (χ4n) is 1.07. The van der Waals surface area contributed by atoms with Crippen LogP contribution in [0.4, 0.5) is 5.69 Å². The van der Waals surface area contributed by atoms with E-state index in [9.17, 15) is 9.70 Å². The molecule has 0 unspecified atom stereocenters. The number of aryl methyl sites for hydroxylation is 1. The Balaban J connectivity index is 2.71. The molecule has 1 aromatic rings. The van der Waals surface area contributed by atoms with Crippen molar-refractivity contribution < 1.29 is 4.79 Å². The van der Waals surface area contributed by atoms with Crippen molar-refractivity contribution in [2.75, 3.05) is 12.0 Å². The topological polar surface area (TPSA) is 87.8 Å². The maximum Gasteiger partial charge on any atom is 0.241 e. The molecule has 0 aliphatic carbocycles. The number of carbonyl (C=O) groups excluding carboxylic acids is 1. The second-order valence-electron chi connectivity index (χ2n) is 3.03. The zero-order chi connectivity index (χ0) is 11.3. The van der Waals surface area contributed by atoms with Crippen molar-refractivity contribution in [1.29, 1.82) is 0 Å². The molecule has 0 aromatic heterocycles. The van der Waals surface area contributed by atoms with Gasteiger partial charge in [0.15, 0.2) is 0 Å². The molecule has 0 bridgehead atoms. The van der Waals surface area contributed by atoms with Gasteiger partial charge in [0.05, 0.1) is 11.0 Å². The first-order valence-electron chi connectivity index (χ1n) is 4.35. The Bertz CT molecular complexity index is 367. The number of para-hydroxylation sites is 1. The fraction of sp³-hybridized carbons (Fsp3) is 0.222. The number of amides is 1. The molecule has 1 amide bonds. The van der Waals surface area contributed by atoms with Crippen LogP contribution in [0.15, 0.2) is 29.6 Å². The predicted octanol–water partition coefficient (Wildman–Crippen LogP) is 0.791. The molecular weight excluding hydrogens is 196 g/mol. The van der Waals surface area contributed by atoms with Gasteiger partial charge in [0.1, 0.15) is 6.54 Å². The van der Waals surface area contributed by atoms with Crippen LogP contribution in [-0.4, -0.2) is 17.6 Å². The standard InChI is InChI=1S/C9H12N4O2/c1-7-4-2-3-5-8(7)11-13(12-15)6-9(10)14/h2-5,11H,6H2,1H3,(H2,10,14). The van der Waals surface area contributed by atoms with Gasteiger partial charge in [-0.25, -0.2) is 0 Å². The molecule has 0 atom stereocenters. The van der Waals surface area contributed by atoms with Gasteiger partial charge in [-0.05, 0) is 18.6 Å². The van der Waals surface area contributed by atoms with E-state index in [1.807, 2.05) is 25.1 Å². The maximum absolute atomic E-state index is 10.6. The number of nitrogens with two attached hydrogens (primary N) is 1. The van der Waals surface area contributed by atoms with Crippen LogP contribution in [0.25, 0.3) is 0 Å². The van der Waals surface area contributed by atoms with Gasteiger partial charge in [0, 0.05) is 0 Å². The van der Waals surface area contributed by atoms with Gasteiger partial charge in [-0.15, -0.1) is 4.91 Å². The number of anilines is 1. The van der Waals surface area contributed by atoms with Crippen molar-refractivity contribution in [2.24, 2.45) is 11.0 Å². The summed E-state index contributed by atoms with van der Waals surface area (Å²) in [5.41, 5.74) is 9.27. The number of carbonyl (C=O) groups is 1. The quantitative estimate of drug-likeness (QED) is 0.553. The van der Waals surface area contributed by atoms with Gasteiger partial charge in [-0.2, -0.15) is 5.12 Å². The summed E-state index contributed by atoms with van der Waals surface area (Å²) in [7, 11) is 0. The third kappa shape index (κ3) is 3.26. The SMILES string of the molecule is Cc1ccccc1NN(CC(N)=O)N=O. The molecule has 15 heavy (non-hydrogen) atoms. The van der Waals surface area contributed by atoms with Crippen LogP contribution in [0.5, 0.6) is 0 Å². The van der Waals surface area contributed by atoms with Gasteiger partial charge < -0.3 is 5.73 Å². The van der Waals surface area contributed by atoms with Crippen LogP contribution in [0, 0.1) is 11.8 Å². The first-order chi connectivity index (χ1) is 7.13. The first kappa shape index (κ1) is 11.0. The summed E-state index contributed by atoms with van der Waals surface area (Å²) >= 11 is 0. The molecule has 1 rings (SSSR count). The number of nitrogens with zero attached hydrogens (tertiary/aromatic N) is 2. The molecule has 0 radical (unpaired) electrons. The van der Waals surface area contributed by atoms with Crippen molar-refractivity contribution in [2.45, 2.75) is 6.92 Å². The van der Waals surface area contributed by atoms with E-state index in [-0.39, 0.29) is 6.54 Å². The Hall–Kier alpha value is -2.11. The van der Waals surface area contributed by atoms with E-state index in [4.69, 9.17) is 5.73 Å². The summed E-state index contributed by atoms with van der Waals surface area (Å²) in [5, 5.41) is 3.49. The summed E-state index contributed by atoms with van der Waals surface area (Å²) < 4.78 is 0. The van der Waals surface area contributed by atoms with Crippen LogP contribution in [0.2, 0.25) is 0 Å². The lowest BCUT2D eigenvalue weighted by atomic mass is 10.2. The second-order valence-corrected chi connectivity index (χ2v) is 3.03. The number of hydrogen-bond acceptors (Lipinski definition) is 4. The second kappa shape index (κ2) is 4.94. The zero-order valence-electron chi connectivity index (χ0n) is 8.30. The van der Waals surface area contributed by atoms with E-state index in [1.54, 1.807) is 6.07 Å². The number of nitroso groups, excluding NO2 is 1. The molecule has 80 valence electrons. The summed E-state index contributed by atoms with van der Waals surface area (Å²) in [5.74, 6) is -0.629. The highest BCUT2D eigenvalue weighted by atomic mass is 16.3. The Kier molecular flexibility index (Phi) is 3.61. The third-order valence-corrected chi connectivity index (χ3v) is 1.80. The van der Waals surface area contributed by atoms with Crippen LogP contribution in [0.1, 0.15) is 5.56 Å². The molecular formula is C9H12N4O2. The molecule has 6 nitrogen and oxygen atoms in total. The lowest BCUT2D eigenvalue weighted by molar-refractivity contribution is -0.118. The largest absolute Gasteiger partial charge is 0.368 e. The van der Waals surface area contributed by atoms with E-state index >= 15 is 0 Å². The predicted molar refractivity (Wildman–Crippen MR) is 56.5 cm³/mol. The monoisotopic (exact) mass is 208 g/mol. The number of hydrazine groups is 1. The molecule has 0 aliphatic rings. The van der Waals surface area contributed by atoms with Gasteiger partial charge >= 0.3 is 0 Å². The zero-order valence-corrected chi connectivity index (χ0v) is 8.30. The van der Waals surface area contributed by atoms with Crippen LogP contribution in [0.3, 0.4) is 0 Å². The van der Waals surface area contributed by atoms with Gasteiger partial charge in [-0.1, -0.05) is 18.2 Å². The maximum atomic E-state index is 10.6. The van der Waals surface area contributed by atoms with Crippen molar-refractivity contribution >= 4 is 11.6 Å². The average molecular weight is 208 g/mol. The van der Waals surface area contributed by atoms with E-state index in [2.05, 4.69) is 10.7 Å². The van der Waals surface area contributed by atoms with Gasteiger partial charge in [0.2, 0.25) is 5.91 Å². The fourth-order valence-corrected chi connectivity index (χ4v) is 1.07. The molecule has 0 saturated carbocycles. The number of benzene rings is 1. The van der Waals surface area contributed by atoms with Crippen molar-refractivity contribution in [3.8, 4) is 0 Å². The van der Waals surface area contributed by atoms with E-state index in [0.717, 1.165) is 10.7 Å². The van der Waals surface area contributed by atoms with E-state index in [0.29, 0.717) is 5.69 Å². The highest BCUT2D eigenvalue weighted by Gasteiger charge is 2.07. The summed E-state index contributed by atoms with van der Waals surface area (Å²) in [6.07, 6.45) is 0. The molecule has 0 heterocycles. The molecule has 6 heteroatoms. The molecule has 0 saturated heterocycles. The Morgan fingerprint density at radius 3 is 2.73 bits per heavy atom. The van der Waals surface area contributed by atoms with Crippen molar-refractivity contribution in [1.82, 2.24) is 5.12 Å². The van der Waals surface area contributed by atoms with Crippen molar-refractivity contribution in [3.05, 3.63) is 34.7 Å². The summed E-state index contributed by atoms with van der Waals surface area (Å²) in [6.45, 7) is 1.60. The lowest BCUT2D eigenvalue weighted by Gasteiger charge is -2.16. The molecule has 1 aromatic carbocycles. The lowest BCUT2D eigenvalue weighted by Crippen LogP contribution is -2.33. The normalized spacial score (nSPS) is 9.40. The van der Waals surface area contributed by atoms with Gasteiger partial charge in [0.25, 0.3) is 0 Å². The minimum Gasteiger partial charge on any atom is -0.368 e. The number of nitrogens with one attached hydrogen (secondary N) is 1. The number of hydrogen-bond donors (Lipinski definition) is 2. The Morgan fingerprint density at radius 1 is 1.53 bits per heavy atom. The van der Waals surface area contributed by atoms with E-state index in [1.165, 1.54) is 0 Å². The third-order valence-electron chi connectivity index (χ3n) is 1.80. The number of rotatable bonds is 5. The molecule has 0 spiro atoms. The Morgan fingerprint density at radius 2 is 2.20 bits per heavy atom. The van der Waals surface area contributed by atoms with Crippen LogP contribution >= 0.6 is 0 Å². The first-order valence-corrected chi connectivity index (χ1v) is 4.35. The highest BCUT2D eigenvalue weighted by Crippen LogP contribution is 2.13.